The van der Waals surface area contributed by atoms with Crippen molar-refractivity contribution in [2.24, 2.45) is 0 Å². The molecule has 1 heterocycles. The third kappa shape index (κ3) is 2.92. The SMILES string of the molecule is Nc1cccc(CCN2CCC(F)(F)C2)c1. The van der Waals surface area contributed by atoms with E-state index in [1.54, 1.807) is 0 Å². The van der Waals surface area contributed by atoms with Gasteiger partial charge in [0.15, 0.2) is 0 Å². The molecule has 0 saturated carbocycles. The zero-order valence-electron chi connectivity index (χ0n) is 9.13. The number of hydrogen-bond acceptors (Lipinski definition) is 2. The van der Waals surface area contributed by atoms with Crippen LogP contribution in [0.25, 0.3) is 0 Å². The Morgan fingerprint density at radius 2 is 2.19 bits per heavy atom. The van der Waals surface area contributed by atoms with Crippen LogP contribution < -0.4 is 5.73 Å². The predicted octanol–water partition coefficient (Wildman–Crippen LogP) is 2.15. The summed E-state index contributed by atoms with van der Waals surface area (Å²) in [7, 11) is 0. The van der Waals surface area contributed by atoms with Crippen LogP contribution in [-0.4, -0.2) is 30.5 Å². The maximum absolute atomic E-state index is 12.9. The Balaban J connectivity index is 1.84. The van der Waals surface area contributed by atoms with Gasteiger partial charge in [0.05, 0.1) is 6.54 Å². The lowest BCUT2D eigenvalue weighted by molar-refractivity contribution is 0.0123. The zero-order valence-corrected chi connectivity index (χ0v) is 9.13. The van der Waals surface area contributed by atoms with Crippen molar-refractivity contribution in [3.05, 3.63) is 29.8 Å². The fraction of sp³-hybridized carbons (Fsp3) is 0.500. The van der Waals surface area contributed by atoms with Crippen LogP contribution >= 0.6 is 0 Å². The summed E-state index contributed by atoms with van der Waals surface area (Å²) in [5, 5.41) is 0. The van der Waals surface area contributed by atoms with Gasteiger partial charge in [0, 0.05) is 25.2 Å². The number of hydrogen-bond donors (Lipinski definition) is 1. The minimum Gasteiger partial charge on any atom is -0.399 e. The summed E-state index contributed by atoms with van der Waals surface area (Å²) in [6, 6.07) is 7.59. The van der Waals surface area contributed by atoms with E-state index in [1.165, 1.54) is 0 Å². The van der Waals surface area contributed by atoms with Gasteiger partial charge < -0.3 is 5.73 Å². The van der Waals surface area contributed by atoms with Crippen LogP contribution in [0.1, 0.15) is 12.0 Å². The molecule has 16 heavy (non-hydrogen) atoms. The molecule has 2 nitrogen and oxygen atoms in total. The third-order valence-electron chi connectivity index (χ3n) is 2.92. The van der Waals surface area contributed by atoms with Crippen LogP contribution in [0.3, 0.4) is 0 Å². The molecule has 2 rings (SSSR count). The summed E-state index contributed by atoms with van der Waals surface area (Å²) in [5.41, 5.74) is 7.48. The Labute approximate surface area is 94.0 Å². The van der Waals surface area contributed by atoms with Crippen LogP contribution in [0, 0.1) is 0 Å². The molecule has 1 aromatic rings. The summed E-state index contributed by atoms with van der Waals surface area (Å²) in [5.74, 6) is -2.49. The van der Waals surface area contributed by atoms with Gasteiger partial charge in [-0.15, -0.1) is 0 Å². The number of halogens is 2. The van der Waals surface area contributed by atoms with E-state index in [4.69, 9.17) is 5.73 Å². The van der Waals surface area contributed by atoms with E-state index in [1.807, 2.05) is 29.2 Å². The van der Waals surface area contributed by atoms with Gasteiger partial charge in [-0.1, -0.05) is 12.1 Å². The standard InChI is InChI=1S/C12H16F2N2/c13-12(14)5-7-16(9-12)6-4-10-2-1-3-11(15)8-10/h1-3,8H,4-7,9,15H2. The molecule has 88 valence electrons. The predicted molar refractivity (Wildman–Crippen MR) is 60.6 cm³/mol. The largest absolute Gasteiger partial charge is 0.399 e. The highest BCUT2D eigenvalue weighted by atomic mass is 19.3. The lowest BCUT2D eigenvalue weighted by Gasteiger charge is -2.15. The van der Waals surface area contributed by atoms with Crippen molar-refractivity contribution in [2.45, 2.75) is 18.8 Å². The molecule has 1 aromatic carbocycles. The lowest BCUT2D eigenvalue weighted by atomic mass is 10.1. The number of likely N-dealkylation sites (tertiary alicyclic amines) is 1. The average Bonchev–Trinajstić information content (AvgIpc) is 2.56. The first-order valence-electron chi connectivity index (χ1n) is 5.50. The molecule has 0 radical (unpaired) electrons. The van der Waals surface area contributed by atoms with Crippen molar-refractivity contribution in [2.75, 3.05) is 25.4 Å². The van der Waals surface area contributed by atoms with Crippen LogP contribution in [0.15, 0.2) is 24.3 Å². The van der Waals surface area contributed by atoms with Gasteiger partial charge in [-0.3, -0.25) is 4.90 Å². The van der Waals surface area contributed by atoms with Gasteiger partial charge in [-0.2, -0.15) is 0 Å². The maximum Gasteiger partial charge on any atom is 0.261 e. The molecular weight excluding hydrogens is 210 g/mol. The van der Waals surface area contributed by atoms with Crippen molar-refractivity contribution in [1.29, 1.82) is 0 Å². The molecule has 1 fully saturated rings. The van der Waals surface area contributed by atoms with E-state index in [0.717, 1.165) is 17.7 Å². The van der Waals surface area contributed by atoms with E-state index in [0.29, 0.717) is 13.1 Å². The number of nitrogen functional groups attached to an aromatic ring is 1. The van der Waals surface area contributed by atoms with Gasteiger partial charge in [0.1, 0.15) is 0 Å². The summed E-state index contributed by atoms with van der Waals surface area (Å²) in [6.45, 7) is 1.07. The van der Waals surface area contributed by atoms with Gasteiger partial charge in [-0.25, -0.2) is 8.78 Å². The first-order valence-corrected chi connectivity index (χ1v) is 5.50. The van der Waals surface area contributed by atoms with Crippen molar-refractivity contribution in [1.82, 2.24) is 4.90 Å². The number of rotatable bonds is 3. The second-order valence-corrected chi connectivity index (χ2v) is 4.38. The quantitative estimate of drug-likeness (QED) is 0.800. The van der Waals surface area contributed by atoms with E-state index >= 15 is 0 Å². The van der Waals surface area contributed by atoms with Crippen molar-refractivity contribution in [3.8, 4) is 0 Å². The highest BCUT2D eigenvalue weighted by Gasteiger charge is 2.37. The molecule has 0 bridgehead atoms. The van der Waals surface area contributed by atoms with Crippen molar-refractivity contribution >= 4 is 5.69 Å². The van der Waals surface area contributed by atoms with Gasteiger partial charge in [-0.05, 0) is 24.1 Å². The summed E-state index contributed by atoms with van der Waals surface area (Å²) in [4.78, 5) is 1.81. The Morgan fingerprint density at radius 3 is 2.81 bits per heavy atom. The van der Waals surface area contributed by atoms with Crippen LogP contribution in [0.4, 0.5) is 14.5 Å². The molecule has 2 N–H and O–H groups in total. The topological polar surface area (TPSA) is 29.3 Å². The van der Waals surface area contributed by atoms with Crippen LogP contribution in [0.2, 0.25) is 0 Å². The molecule has 0 spiro atoms. The molecule has 4 heteroatoms. The third-order valence-corrected chi connectivity index (χ3v) is 2.92. The number of anilines is 1. The van der Waals surface area contributed by atoms with Gasteiger partial charge in [0.2, 0.25) is 0 Å². The Bertz CT molecular complexity index is 366. The van der Waals surface area contributed by atoms with E-state index in [2.05, 4.69) is 0 Å². The van der Waals surface area contributed by atoms with Crippen molar-refractivity contribution in [3.63, 3.8) is 0 Å². The van der Waals surface area contributed by atoms with Gasteiger partial charge >= 0.3 is 0 Å². The number of nitrogens with zero attached hydrogens (tertiary/aromatic N) is 1. The second-order valence-electron chi connectivity index (χ2n) is 4.38. The normalized spacial score (nSPS) is 20.1. The molecular formula is C12H16F2N2. The highest BCUT2D eigenvalue weighted by Crippen LogP contribution is 2.26. The Hall–Kier alpha value is -1.16. The van der Waals surface area contributed by atoms with E-state index < -0.39 is 5.92 Å². The van der Waals surface area contributed by atoms with Crippen LogP contribution in [0.5, 0.6) is 0 Å². The van der Waals surface area contributed by atoms with Gasteiger partial charge in [0.25, 0.3) is 5.92 Å². The molecule has 1 aliphatic heterocycles. The number of nitrogens with two attached hydrogens (primary N) is 1. The smallest absolute Gasteiger partial charge is 0.261 e. The molecule has 0 unspecified atom stereocenters. The fourth-order valence-corrected chi connectivity index (χ4v) is 2.03. The first kappa shape index (κ1) is 11.3. The molecule has 1 saturated heterocycles. The maximum atomic E-state index is 12.9. The summed E-state index contributed by atoms with van der Waals surface area (Å²) < 4.78 is 25.8. The lowest BCUT2D eigenvalue weighted by Crippen LogP contribution is -2.27. The minimum atomic E-state index is -2.49. The average molecular weight is 226 g/mol. The molecule has 0 amide bonds. The van der Waals surface area contributed by atoms with E-state index in [9.17, 15) is 8.78 Å². The second kappa shape index (κ2) is 4.37. The fourth-order valence-electron chi connectivity index (χ4n) is 2.03. The number of benzene rings is 1. The summed E-state index contributed by atoms with van der Waals surface area (Å²) in [6.07, 6.45) is 0.769. The Morgan fingerprint density at radius 1 is 1.38 bits per heavy atom. The van der Waals surface area contributed by atoms with E-state index in [-0.39, 0.29) is 13.0 Å². The highest BCUT2D eigenvalue weighted by molar-refractivity contribution is 5.40. The summed E-state index contributed by atoms with van der Waals surface area (Å²) >= 11 is 0. The molecule has 0 aromatic heterocycles. The molecule has 0 atom stereocenters. The van der Waals surface area contributed by atoms with Crippen molar-refractivity contribution < 1.29 is 8.78 Å². The first-order chi connectivity index (χ1) is 7.55. The Kier molecular flexibility index (Phi) is 3.10. The zero-order chi connectivity index (χ0) is 11.6. The number of alkyl halides is 2. The molecule has 0 aliphatic carbocycles. The molecule has 1 aliphatic rings. The van der Waals surface area contributed by atoms with Crippen LogP contribution in [-0.2, 0) is 6.42 Å². The minimum absolute atomic E-state index is 0.00999. The monoisotopic (exact) mass is 226 g/mol.